The van der Waals surface area contributed by atoms with Crippen LogP contribution in [0.5, 0.6) is 5.75 Å². The Bertz CT molecular complexity index is 982. The third-order valence-corrected chi connectivity index (χ3v) is 5.86. The largest absolute Gasteiger partial charge is 0.493 e. The average Bonchev–Trinajstić information content (AvgIpc) is 3.45. The molecule has 0 saturated carbocycles. The second kappa shape index (κ2) is 9.77. The lowest BCUT2D eigenvalue weighted by molar-refractivity contribution is -0.129. The third-order valence-electron chi connectivity index (χ3n) is 5.86. The Morgan fingerprint density at radius 1 is 1.23 bits per heavy atom. The monoisotopic (exact) mass is 418 g/mol. The molecule has 1 saturated heterocycles. The van der Waals surface area contributed by atoms with E-state index in [-0.39, 0.29) is 11.8 Å². The van der Waals surface area contributed by atoms with Gasteiger partial charge in [-0.3, -0.25) is 14.9 Å². The molecule has 0 unspecified atom stereocenters. The van der Waals surface area contributed by atoms with Gasteiger partial charge in [0.05, 0.1) is 18.7 Å². The van der Waals surface area contributed by atoms with Gasteiger partial charge >= 0.3 is 0 Å². The van der Waals surface area contributed by atoms with E-state index in [4.69, 9.17) is 4.74 Å². The van der Waals surface area contributed by atoms with Crippen LogP contribution < -0.4 is 4.74 Å². The molecule has 1 amide bonds. The molecule has 2 aromatic heterocycles. The lowest BCUT2D eigenvalue weighted by Crippen LogP contribution is -2.30. The van der Waals surface area contributed by atoms with Crippen LogP contribution in [-0.4, -0.2) is 45.7 Å². The van der Waals surface area contributed by atoms with E-state index in [0.29, 0.717) is 25.5 Å². The fourth-order valence-corrected chi connectivity index (χ4v) is 3.94. The number of likely N-dealkylation sites (tertiary alicyclic amines) is 1. The highest BCUT2D eigenvalue weighted by Gasteiger charge is 2.29. The van der Waals surface area contributed by atoms with Crippen LogP contribution >= 0.6 is 0 Å². The van der Waals surface area contributed by atoms with E-state index < -0.39 is 0 Å². The predicted octanol–water partition coefficient (Wildman–Crippen LogP) is 4.11. The Hall–Kier alpha value is -3.15. The van der Waals surface area contributed by atoms with Crippen molar-refractivity contribution in [2.45, 2.75) is 44.9 Å². The number of hydrogen-bond acceptors (Lipinski definition) is 4. The van der Waals surface area contributed by atoms with Crippen molar-refractivity contribution in [1.29, 1.82) is 0 Å². The van der Waals surface area contributed by atoms with E-state index in [1.54, 1.807) is 6.20 Å². The molecule has 1 aliphatic heterocycles. The second-order valence-electron chi connectivity index (χ2n) is 8.46. The summed E-state index contributed by atoms with van der Waals surface area (Å²) in [4.78, 5) is 18.8. The van der Waals surface area contributed by atoms with Crippen molar-refractivity contribution in [2.75, 3.05) is 19.7 Å². The summed E-state index contributed by atoms with van der Waals surface area (Å²) >= 11 is 0. The Morgan fingerprint density at radius 3 is 2.81 bits per heavy atom. The van der Waals surface area contributed by atoms with E-state index in [1.807, 2.05) is 35.2 Å². The van der Waals surface area contributed by atoms with Crippen LogP contribution in [0.25, 0.3) is 0 Å². The highest BCUT2D eigenvalue weighted by atomic mass is 16.5. The molecule has 1 aliphatic rings. The number of ether oxygens (including phenoxy) is 1. The fourth-order valence-electron chi connectivity index (χ4n) is 3.94. The summed E-state index contributed by atoms with van der Waals surface area (Å²) in [5.74, 6) is 1.83. The first kappa shape index (κ1) is 21.1. The number of carbonyl (C=O) groups is 1. The van der Waals surface area contributed by atoms with Crippen molar-refractivity contribution in [2.24, 2.45) is 0 Å². The van der Waals surface area contributed by atoms with Crippen LogP contribution in [0.2, 0.25) is 0 Å². The molecule has 0 spiro atoms. The maximum Gasteiger partial charge on any atom is 0.228 e. The molecule has 162 valence electrons. The summed E-state index contributed by atoms with van der Waals surface area (Å²) < 4.78 is 5.88. The molecule has 0 radical (unpaired) electrons. The zero-order valence-electron chi connectivity index (χ0n) is 18.3. The standard InChI is InChI=1S/C25H30N4O2/c1-18(2)19-6-8-23(9-7-19)31-14-11-22-15-24(28-27-22)20-10-13-29(17-20)25(30)16-21-5-3-4-12-26-21/h3-9,12,15,18,20H,10-11,13-14,16-17H2,1-2H3,(H,27,28)/t20-/m0/s1. The molecule has 1 N–H and O–H groups in total. The summed E-state index contributed by atoms with van der Waals surface area (Å²) in [5, 5.41) is 7.64. The molecular weight excluding hydrogens is 388 g/mol. The third kappa shape index (κ3) is 5.51. The molecule has 1 fully saturated rings. The molecule has 1 aromatic carbocycles. The molecule has 0 bridgehead atoms. The van der Waals surface area contributed by atoms with E-state index >= 15 is 0 Å². The topological polar surface area (TPSA) is 71.1 Å². The van der Waals surface area contributed by atoms with Crippen molar-refractivity contribution < 1.29 is 9.53 Å². The number of pyridine rings is 1. The number of hydrogen-bond donors (Lipinski definition) is 1. The van der Waals surface area contributed by atoms with Gasteiger partial charge in [0.1, 0.15) is 5.75 Å². The fraction of sp³-hybridized carbons (Fsp3) is 0.400. The number of amides is 1. The van der Waals surface area contributed by atoms with Gasteiger partial charge in [-0.25, -0.2) is 0 Å². The predicted molar refractivity (Wildman–Crippen MR) is 120 cm³/mol. The van der Waals surface area contributed by atoms with Crippen molar-refractivity contribution in [1.82, 2.24) is 20.1 Å². The number of aromatic amines is 1. The van der Waals surface area contributed by atoms with E-state index in [9.17, 15) is 4.79 Å². The maximum atomic E-state index is 12.6. The molecule has 31 heavy (non-hydrogen) atoms. The number of H-pyrrole nitrogens is 1. The summed E-state index contributed by atoms with van der Waals surface area (Å²) in [5.41, 5.74) is 4.23. The van der Waals surface area contributed by atoms with Gasteiger partial charge in [-0.05, 0) is 48.2 Å². The molecule has 1 atom stereocenters. The minimum Gasteiger partial charge on any atom is -0.493 e. The SMILES string of the molecule is CC(C)c1ccc(OCCc2cc([C@H]3CCN(C(=O)Cc4ccccn4)C3)n[nH]2)cc1. The Balaban J connectivity index is 1.24. The van der Waals surface area contributed by atoms with Crippen LogP contribution in [0.1, 0.15) is 54.7 Å². The summed E-state index contributed by atoms with van der Waals surface area (Å²) in [6.45, 7) is 6.46. The summed E-state index contributed by atoms with van der Waals surface area (Å²) in [6, 6.07) is 16.1. The quantitative estimate of drug-likeness (QED) is 0.598. The highest BCUT2D eigenvalue weighted by molar-refractivity contribution is 5.78. The zero-order valence-corrected chi connectivity index (χ0v) is 18.3. The number of nitrogens with one attached hydrogen (secondary N) is 1. The Labute approximate surface area is 183 Å². The minimum absolute atomic E-state index is 0.133. The molecule has 6 heteroatoms. The zero-order chi connectivity index (χ0) is 21.6. The highest BCUT2D eigenvalue weighted by Crippen LogP contribution is 2.27. The first-order chi connectivity index (χ1) is 15.1. The molecule has 3 aromatic rings. The number of nitrogens with zero attached hydrogens (tertiary/aromatic N) is 3. The van der Waals surface area contributed by atoms with Crippen LogP contribution in [0.15, 0.2) is 54.7 Å². The van der Waals surface area contributed by atoms with Crippen LogP contribution in [0.4, 0.5) is 0 Å². The normalized spacial score (nSPS) is 16.1. The average molecular weight is 419 g/mol. The minimum atomic E-state index is 0.133. The van der Waals surface area contributed by atoms with Crippen LogP contribution in [-0.2, 0) is 17.6 Å². The van der Waals surface area contributed by atoms with Crippen molar-refractivity contribution >= 4 is 5.91 Å². The van der Waals surface area contributed by atoms with Gasteiger partial charge in [0.25, 0.3) is 0 Å². The second-order valence-corrected chi connectivity index (χ2v) is 8.46. The van der Waals surface area contributed by atoms with Gasteiger partial charge < -0.3 is 9.64 Å². The number of benzene rings is 1. The molecule has 3 heterocycles. The first-order valence-electron chi connectivity index (χ1n) is 11.0. The number of carbonyl (C=O) groups excluding carboxylic acids is 1. The molecule has 0 aliphatic carbocycles. The number of rotatable bonds is 8. The Kier molecular flexibility index (Phi) is 6.65. The first-order valence-corrected chi connectivity index (χ1v) is 11.0. The molecule has 4 rings (SSSR count). The lowest BCUT2D eigenvalue weighted by atomic mass is 10.0. The van der Waals surface area contributed by atoms with E-state index in [2.05, 4.69) is 47.2 Å². The molecule has 6 nitrogen and oxygen atoms in total. The van der Waals surface area contributed by atoms with Gasteiger partial charge in [-0.1, -0.05) is 32.0 Å². The smallest absolute Gasteiger partial charge is 0.228 e. The van der Waals surface area contributed by atoms with Crippen LogP contribution in [0.3, 0.4) is 0 Å². The Morgan fingerprint density at radius 2 is 2.06 bits per heavy atom. The summed E-state index contributed by atoms with van der Waals surface area (Å²) in [6.07, 6.45) is 3.80. The van der Waals surface area contributed by atoms with Crippen molar-refractivity contribution in [3.63, 3.8) is 0 Å². The van der Waals surface area contributed by atoms with Gasteiger partial charge in [0, 0.05) is 43.0 Å². The summed E-state index contributed by atoms with van der Waals surface area (Å²) in [7, 11) is 0. The lowest BCUT2D eigenvalue weighted by Gasteiger charge is -2.15. The van der Waals surface area contributed by atoms with Gasteiger partial charge in [-0.15, -0.1) is 0 Å². The van der Waals surface area contributed by atoms with E-state index in [0.717, 1.165) is 42.2 Å². The van der Waals surface area contributed by atoms with Crippen molar-refractivity contribution in [3.05, 3.63) is 77.4 Å². The van der Waals surface area contributed by atoms with Crippen molar-refractivity contribution in [3.8, 4) is 5.75 Å². The van der Waals surface area contributed by atoms with E-state index in [1.165, 1.54) is 5.56 Å². The van der Waals surface area contributed by atoms with Gasteiger partial charge in [0.15, 0.2) is 0 Å². The molecular formula is C25H30N4O2. The van der Waals surface area contributed by atoms with Gasteiger partial charge in [-0.2, -0.15) is 5.10 Å². The van der Waals surface area contributed by atoms with Crippen LogP contribution in [0, 0.1) is 0 Å². The van der Waals surface area contributed by atoms with Gasteiger partial charge in [0.2, 0.25) is 5.91 Å². The number of aromatic nitrogens is 3. The maximum absolute atomic E-state index is 12.6.